The summed E-state index contributed by atoms with van der Waals surface area (Å²) in [6, 6.07) is 7.84. The molecule has 0 saturated heterocycles. The number of thioether (sulfide) groups is 1. The molecule has 0 fully saturated rings. The topological polar surface area (TPSA) is 24.9 Å². The zero-order valence-corrected chi connectivity index (χ0v) is 12.2. The molecule has 1 N–H and O–H groups in total. The number of aromatic nitrogens is 1. The second-order valence-electron chi connectivity index (χ2n) is 4.46. The summed E-state index contributed by atoms with van der Waals surface area (Å²) in [6.45, 7) is 3.23. The van der Waals surface area contributed by atoms with Crippen LogP contribution in [0.1, 0.15) is 6.92 Å². The number of halogens is 1. The van der Waals surface area contributed by atoms with Gasteiger partial charge in [-0.15, -0.1) is 0 Å². The molecule has 0 amide bonds. The van der Waals surface area contributed by atoms with E-state index in [4.69, 9.17) is 11.6 Å². The SMILES string of the molecule is CSCC(C)CNc1ccnc2cc(Cl)ccc12. The van der Waals surface area contributed by atoms with E-state index < -0.39 is 0 Å². The van der Waals surface area contributed by atoms with Crippen molar-refractivity contribution < 1.29 is 0 Å². The van der Waals surface area contributed by atoms with Crippen molar-refractivity contribution in [1.82, 2.24) is 4.98 Å². The second kappa shape index (κ2) is 6.30. The van der Waals surface area contributed by atoms with Crippen molar-refractivity contribution in [3.63, 3.8) is 0 Å². The van der Waals surface area contributed by atoms with Crippen LogP contribution in [0.25, 0.3) is 10.9 Å². The number of nitrogens with zero attached hydrogens (tertiary/aromatic N) is 1. The molecule has 2 rings (SSSR count). The lowest BCUT2D eigenvalue weighted by Crippen LogP contribution is -2.13. The minimum atomic E-state index is 0.649. The summed E-state index contributed by atoms with van der Waals surface area (Å²) in [4.78, 5) is 4.34. The summed E-state index contributed by atoms with van der Waals surface area (Å²) in [7, 11) is 0. The van der Waals surface area contributed by atoms with E-state index in [1.54, 1.807) is 0 Å². The van der Waals surface area contributed by atoms with Crippen LogP contribution in [0.2, 0.25) is 5.02 Å². The first-order valence-corrected chi connectivity index (χ1v) is 7.75. The molecule has 1 atom stereocenters. The third-order valence-corrected chi connectivity index (χ3v) is 3.93. The standard InChI is InChI=1S/C14H17ClN2S/c1-10(9-18-2)8-17-13-5-6-16-14-7-11(15)3-4-12(13)14/h3-7,10H,8-9H2,1-2H3,(H,16,17). The highest BCUT2D eigenvalue weighted by atomic mass is 35.5. The quantitative estimate of drug-likeness (QED) is 0.884. The zero-order valence-electron chi connectivity index (χ0n) is 10.6. The van der Waals surface area contributed by atoms with Crippen LogP contribution in [-0.4, -0.2) is 23.5 Å². The molecule has 96 valence electrons. The smallest absolute Gasteiger partial charge is 0.0737 e. The average molecular weight is 281 g/mol. The van der Waals surface area contributed by atoms with Crippen molar-refractivity contribution in [3.05, 3.63) is 35.5 Å². The van der Waals surface area contributed by atoms with Crippen molar-refractivity contribution in [3.8, 4) is 0 Å². The Balaban J connectivity index is 2.18. The third kappa shape index (κ3) is 3.30. The molecule has 0 radical (unpaired) electrons. The maximum Gasteiger partial charge on any atom is 0.0737 e. The molecule has 4 heteroatoms. The fourth-order valence-corrected chi connectivity index (χ4v) is 2.76. The summed E-state index contributed by atoms with van der Waals surface area (Å²) in [5, 5.41) is 5.34. The molecule has 0 aliphatic rings. The van der Waals surface area contributed by atoms with E-state index in [-0.39, 0.29) is 0 Å². The molecule has 0 spiro atoms. The highest BCUT2D eigenvalue weighted by Crippen LogP contribution is 2.24. The van der Waals surface area contributed by atoms with Gasteiger partial charge in [-0.25, -0.2) is 0 Å². The van der Waals surface area contributed by atoms with Crippen molar-refractivity contribution in [1.29, 1.82) is 0 Å². The van der Waals surface area contributed by atoms with Gasteiger partial charge in [0.05, 0.1) is 5.52 Å². The van der Waals surface area contributed by atoms with Gasteiger partial charge < -0.3 is 5.32 Å². The van der Waals surface area contributed by atoms with Crippen molar-refractivity contribution in [2.24, 2.45) is 5.92 Å². The first kappa shape index (κ1) is 13.5. The van der Waals surface area contributed by atoms with Gasteiger partial charge in [-0.05, 0) is 42.2 Å². The van der Waals surface area contributed by atoms with Gasteiger partial charge >= 0.3 is 0 Å². The number of anilines is 1. The van der Waals surface area contributed by atoms with E-state index in [0.717, 1.165) is 28.2 Å². The summed E-state index contributed by atoms with van der Waals surface area (Å²) in [5.41, 5.74) is 2.06. The number of fused-ring (bicyclic) bond motifs is 1. The van der Waals surface area contributed by atoms with E-state index in [2.05, 4.69) is 23.5 Å². The first-order valence-electron chi connectivity index (χ1n) is 5.98. The van der Waals surface area contributed by atoms with E-state index in [1.807, 2.05) is 42.2 Å². The monoisotopic (exact) mass is 280 g/mol. The second-order valence-corrected chi connectivity index (χ2v) is 5.81. The third-order valence-electron chi connectivity index (χ3n) is 2.80. The Morgan fingerprint density at radius 1 is 1.39 bits per heavy atom. The van der Waals surface area contributed by atoms with E-state index in [1.165, 1.54) is 5.75 Å². The summed E-state index contributed by atoms with van der Waals surface area (Å²) in [5.74, 6) is 1.82. The van der Waals surface area contributed by atoms with Gasteiger partial charge in [-0.2, -0.15) is 11.8 Å². The molecule has 2 aromatic rings. The van der Waals surface area contributed by atoms with Gasteiger partial charge in [-0.3, -0.25) is 4.98 Å². The Hall–Kier alpha value is -0.930. The van der Waals surface area contributed by atoms with E-state index in [0.29, 0.717) is 5.92 Å². The van der Waals surface area contributed by atoms with Gasteiger partial charge in [0.25, 0.3) is 0 Å². The number of benzene rings is 1. The number of rotatable bonds is 5. The lowest BCUT2D eigenvalue weighted by atomic mass is 10.1. The summed E-state index contributed by atoms with van der Waals surface area (Å²) in [6.07, 6.45) is 3.96. The molecule has 1 heterocycles. The predicted molar refractivity (Wildman–Crippen MR) is 82.8 cm³/mol. The Bertz CT molecular complexity index is 530. The summed E-state index contributed by atoms with van der Waals surface area (Å²) >= 11 is 7.86. The van der Waals surface area contributed by atoms with E-state index >= 15 is 0 Å². The molecule has 0 saturated carbocycles. The largest absolute Gasteiger partial charge is 0.384 e. The summed E-state index contributed by atoms with van der Waals surface area (Å²) < 4.78 is 0. The van der Waals surface area contributed by atoms with Crippen LogP contribution < -0.4 is 5.32 Å². The number of pyridine rings is 1. The predicted octanol–water partition coefficient (Wildman–Crippen LogP) is 4.30. The molecular formula is C14H17ClN2S. The molecule has 1 aromatic heterocycles. The molecule has 0 aliphatic carbocycles. The fourth-order valence-electron chi connectivity index (χ4n) is 1.90. The van der Waals surface area contributed by atoms with Crippen LogP contribution >= 0.6 is 23.4 Å². The zero-order chi connectivity index (χ0) is 13.0. The molecule has 2 nitrogen and oxygen atoms in total. The Morgan fingerprint density at radius 3 is 3.00 bits per heavy atom. The molecule has 1 aromatic carbocycles. The van der Waals surface area contributed by atoms with Crippen LogP contribution in [0.5, 0.6) is 0 Å². The highest BCUT2D eigenvalue weighted by molar-refractivity contribution is 7.98. The fraction of sp³-hybridized carbons (Fsp3) is 0.357. The van der Waals surface area contributed by atoms with Crippen LogP contribution in [0.4, 0.5) is 5.69 Å². The van der Waals surface area contributed by atoms with Crippen LogP contribution in [0.3, 0.4) is 0 Å². The number of nitrogens with one attached hydrogen (secondary N) is 1. The lowest BCUT2D eigenvalue weighted by molar-refractivity contribution is 0.702. The van der Waals surface area contributed by atoms with Crippen molar-refractivity contribution in [2.75, 3.05) is 23.9 Å². The number of hydrogen-bond acceptors (Lipinski definition) is 3. The maximum atomic E-state index is 5.98. The average Bonchev–Trinajstić information content (AvgIpc) is 2.36. The van der Waals surface area contributed by atoms with Gasteiger partial charge in [0, 0.05) is 28.8 Å². The van der Waals surface area contributed by atoms with Crippen LogP contribution in [0, 0.1) is 5.92 Å². The highest BCUT2D eigenvalue weighted by Gasteiger charge is 2.04. The van der Waals surface area contributed by atoms with Gasteiger partial charge in [-0.1, -0.05) is 18.5 Å². The molecule has 1 unspecified atom stereocenters. The van der Waals surface area contributed by atoms with Gasteiger partial charge in [0.1, 0.15) is 0 Å². The minimum absolute atomic E-state index is 0.649. The van der Waals surface area contributed by atoms with Crippen LogP contribution in [0.15, 0.2) is 30.5 Å². The van der Waals surface area contributed by atoms with Crippen LogP contribution in [-0.2, 0) is 0 Å². The molecule has 0 bridgehead atoms. The first-order chi connectivity index (χ1) is 8.70. The molecule has 0 aliphatic heterocycles. The van der Waals surface area contributed by atoms with Crippen molar-refractivity contribution >= 4 is 40.0 Å². The Labute approximate surface area is 117 Å². The lowest BCUT2D eigenvalue weighted by Gasteiger charge is -2.13. The van der Waals surface area contributed by atoms with Gasteiger partial charge in [0.15, 0.2) is 0 Å². The Morgan fingerprint density at radius 2 is 2.22 bits per heavy atom. The molecular weight excluding hydrogens is 264 g/mol. The maximum absolute atomic E-state index is 5.98. The molecule has 18 heavy (non-hydrogen) atoms. The minimum Gasteiger partial charge on any atom is -0.384 e. The normalized spacial score (nSPS) is 12.6. The Kier molecular flexibility index (Phi) is 4.72. The number of hydrogen-bond donors (Lipinski definition) is 1. The van der Waals surface area contributed by atoms with Gasteiger partial charge in [0.2, 0.25) is 0 Å². The van der Waals surface area contributed by atoms with Crippen molar-refractivity contribution in [2.45, 2.75) is 6.92 Å². The van der Waals surface area contributed by atoms with E-state index in [9.17, 15) is 0 Å².